The van der Waals surface area contributed by atoms with E-state index >= 15 is 0 Å². The maximum absolute atomic E-state index is 12.3. The highest BCUT2D eigenvalue weighted by Crippen LogP contribution is 2.35. The van der Waals surface area contributed by atoms with Crippen molar-refractivity contribution in [2.24, 2.45) is 5.73 Å². The molecule has 0 atom stereocenters. The van der Waals surface area contributed by atoms with E-state index in [-0.39, 0.29) is 18.3 Å². The van der Waals surface area contributed by atoms with Gasteiger partial charge in [-0.25, -0.2) is 4.98 Å². The molecule has 1 amide bonds. The molecule has 0 radical (unpaired) electrons. The molecule has 8 nitrogen and oxygen atoms in total. The summed E-state index contributed by atoms with van der Waals surface area (Å²) in [7, 11) is 3.15. The molecule has 0 aliphatic heterocycles. The molecule has 0 aliphatic carbocycles. The number of aromatic nitrogens is 1. The van der Waals surface area contributed by atoms with Crippen LogP contribution in [0, 0.1) is 12.3 Å². The van der Waals surface area contributed by atoms with Gasteiger partial charge < -0.3 is 25.3 Å². The summed E-state index contributed by atoms with van der Waals surface area (Å²) in [6, 6.07) is 14.9. The topological polar surface area (TPSA) is 120 Å². The minimum absolute atomic E-state index is 0.0590. The van der Waals surface area contributed by atoms with E-state index in [2.05, 4.69) is 5.32 Å². The Morgan fingerprint density at radius 1 is 1.11 bits per heavy atom. The lowest BCUT2D eigenvalue weighted by Crippen LogP contribution is -2.28. The molecular weight excluding hydrogens is 496 g/mol. The van der Waals surface area contributed by atoms with Gasteiger partial charge in [-0.1, -0.05) is 18.2 Å². The average molecular weight is 523 g/mol. The van der Waals surface area contributed by atoms with E-state index < -0.39 is 0 Å². The molecule has 0 unspecified atom stereocenters. The number of ether oxygens (including phenoxy) is 3. The van der Waals surface area contributed by atoms with Crippen molar-refractivity contribution < 1.29 is 19.0 Å². The predicted octanol–water partition coefficient (Wildman–Crippen LogP) is 4.84. The summed E-state index contributed by atoms with van der Waals surface area (Å²) >= 11 is 3.02. The van der Waals surface area contributed by atoms with Crippen molar-refractivity contribution in [1.29, 1.82) is 5.41 Å². The minimum atomic E-state index is -0.236. The molecule has 0 fully saturated rings. The second kappa shape index (κ2) is 11.2. The van der Waals surface area contributed by atoms with Crippen molar-refractivity contribution in [2.45, 2.75) is 13.5 Å². The van der Waals surface area contributed by atoms with Gasteiger partial charge in [0.05, 0.1) is 24.8 Å². The number of methoxy groups -OCH3 is 2. The van der Waals surface area contributed by atoms with Crippen LogP contribution in [0.5, 0.6) is 17.2 Å². The van der Waals surface area contributed by atoms with Crippen LogP contribution in [-0.4, -0.2) is 37.6 Å². The van der Waals surface area contributed by atoms with Crippen LogP contribution in [0.2, 0.25) is 0 Å². The van der Waals surface area contributed by atoms with Gasteiger partial charge in [-0.15, -0.1) is 22.7 Å². The van der Waals surface area contributed by atoms with Crippen molar-refractivity contribution in [1.82, 2.24) is 10.3 Å². The van der Waals surface area contributed by atoms with Gasteiger partial charge >= 0.3 is 0 Å². The number of rotatable bonds is 10. The summed E-state index contributed by atoms with van der Waals surface area (Å²) < 4.78 is 16.3. The molecule has 0 spiro atoms. The molecule has 10 heteroatoms. The Kier molecular flexibility index (Phi) is 7.87. The molecule has 186 valence electrons. The number of hydrogen-bond acceptors (Lipinski definition) is 8. The van der Waals surface area contributed by atoms with Gasteiger partial charge in [0, 0.05) is 27.9 Å². The first-order valence-corrected chi connectivity index (χ1v) is 12.7. The fraction of sp³-hybridized carbons (Fsp3) is 0.192. The van der Waals surface area contributed by atoms with Gasteiger partial charge in [0.25, 0.3) is 5.91 Å². The molecule has 0 bridgehead atoms. The molecule has 36 heavy (non-hydrogen) atoms. The average Bonchev–Trinajstić information content (AvgIpc) is 3.53. The molecule has 2 heterocycles. The van der Waals surface area contributed by atoms with Gasteiger partial charge in [-0.05, 0) is 42.8 Å². The number of benzene rings is 2. The van der Waals surface area contributed by atoms with Crippen LogP contribution in [0.3, 0.4) is 0 Å². The lowest BCUT2D eigenvalue weighted by atomic mass is 10.1. The SMILES string of the molecule is COc1ccc(CNC(=O)COc2cccc(-c3csc(-c4cc(C(=N)N)sc4C)n3)c2)cc1OC. The Labute approximate surface area is 217 Å². The van der Waals surface area contributed by atoms with E-state index in [1.807, 2.05) is 48.7 Å². The normalized spacial score (nSPS) is 10.6. The molecule has 4 N–H and O–H groups in total. The van der Waals surface area contributed by atoms with Crippen molar-refractivity contribution >= 4 is 34.4 Å². The summed E-state index contributed by atoms with van der Waals surface area (Å²) in [5, 5.41) is 13.4. The maximum atomic E-state index is 12.3. The van der Waals surface area contributed by atoms with E-state index in [1.165, 1.54) is 22.7 Å². The molecule has 2 aromatic heterocycles. The predicted molar refractivity (Wildman–Crippen MR) is 144 cm³/mol. The van der Waals surface area contributed by atoms with E-state index in [9.17, 15) is 4.79 Å². The Morgan fingerprint density at radius 3 is 2.64 bits per heavy atom. The largest absolute Gasteiger partial charge is 0.493 e. The van der Waals surface area contributed by atoms with Crippen LogP contribution in [0.1, 0.15) is 15.3 Å². The number of amides is 1. The van der Waals surface area contributed by atoms with Crippen LogP contribution in [0.25, 0.3) is 21.8 Å². The third-order valence-corrected chi connectivity index (χ3v) is 7.31. The summed E-state index contributed by atoms with van der Waals surface area (Å²) in [6.07, 6.45) is 0. The van der Waals surface area contributed by atoms with Crippen molar-refractivity contribution in [3.05, 3.63) is 69.2 Å². The maximum Gasteiger partial charge on any atom is 0.258 e. The highest BCUT2D eigenvalue weighted by atomic mass is 32.1. The Bertz CT molecular complexity index is 1400. The molecule has 4 aromatic rings. The van der Waals surface area contributed by atoms with E-state index in [4.69, 9.17) is 30.3 Å². The van der Waals surface area contributed by atoms with Crippen LogP contribution < -0.4 is 25.3 Å². The van der Waals surface area contributed by atoms with Gasteiger partial charge in [0.15, 0.2) is 18.1 Å². The zero-order valence-electron chi connectivity index (χ0n) is 20.1. The molecule has 0 aliphatic rings. The first-order valence-electron chi connectivity index (χ1n) is 11.0. The Morgan fingerprint density at radius 2 is 1.92 bits per heavy atom. The van der Waals surface area contributed by atoms with Gasteiger partial charge in [0.1, 0.15) is 16.6 Å². The quantitative estimate of drug-likeness (QED) is 0.202. The summed E-state index contributed by atoms with van der Waals surface area (Å²) in [5.41, 5.74) is 9.21. The van der Waals surface area contributed by atoms with Gasteiger partial charge in [0.2, 0.25) is 0 Å². The van der Waals surface area contributed by atoms with Crippen LogP contribution >= 0.6 is 22.7 Å². The number of hydrogen-bond donors (Lipinski definition) is 3. The number of carbonyl (C=O) groups excluding carboxylic acids is 1. The Balaban J connectivity index is 1.36. The number of aryl methyl sites for hydroxylation is 1. The van der Waals surface area contributed by atoms with Crippen molar-refractivity contribution in [3.63, 3.8) is 0 Å². The molecule has 2 aromatic carbocycles. The fourth-order valence-corrected chi connectivity index (χ4v) is 5.34. The summed E-state index contributed by atoms with van der Waals surface area (Å²) in [6.45, 7) is 2.23. The molecule has 4 rings (SSSR count). The summed E-state index contributed by atoms with van der Waals surface area (Å²) in [4.78, 5) is 18.9. The molecular formula is C26H26N4O4S2. The lowest BCUT2D eigenvalue weighted by Gasteiger charge is -2.11. The third-order valence-electron chi connectivity index (χ3n) is 5.36. The first kappa shape index (κ1) is 25.2. The standard InChI is InChI=1S/C26H26N4O4S2/c1-15-19(11-23(36-15)25(27)28)26-30-20(14-35-26)17-5-4-6-18(10-17)34-13-24(31)29-12-16-7-8-21(32-2)22(9-16)33-3/h4-11,14H,12-13H2,1-3H3,(H3,27,28)(H,29,31). The van der Waals surface area contributed by atoms with Gasteiger partial charge in [-0.3, -0.25) is 10.2 Å². The third kappa shape index (κ3) is 5.84. The number of carbonyl (C=O) groups is 1. The number of nitrogen functional groups attached to an aromatic ring is 1. The lowest BCUT2D eigenvalue weighted by molar-refractivity contribution is -0.123. The number of thiophene rings is 1. The number of nitrogens with zero attached hydrogens (tertiary/aromatic N) is 1. The van der Waals surface area contributed by atoms with Gasteiger partial charge in [-0.2, -0.15) is 0 Å². The Hall–Kier alpha value is -3.89. The van der Waals surface area contributed by atoms with Crippen molar-refractivity contribution in [3.8, 4) is 39.1 Å². The first-order chi connectivity index (χ1) is 17.4. The van der Waals surface area contributed by atoms with E-state index in [0.717, 1.165) is 37.1 Å². The van der Waals surface area contributed by atoms with E-state index in [0.29, 0.717) is 23.8 Å². The molecule has 0 saturated carbocycles. The van der Waals surface area contributed by atoms with Crippen LogP contribution in [-0.2, 0) is 11.3 Å². The number of nitrogens with one attached hydrogen (secondary N) is 2. The number of amidine groups is 1. The highest BCUT2D eigenvalue weighted by Gasteiger charge is 2.14. The zero-order valence-corrected chi connectivity index (χ0v) is 21.7. The minimum Gasteiger partial charge on any atom is -0.493 e. The monoisotopic (exact) mass is 522 g/mol. The number of nitrogens with two attached hydrogens (primary N) is 1. The second-order valence-corrected chi connectivity index (χ2v) is 9.93. The van der Waals surface area contributed by atoms with Crippen LogP contribution in [0.15, 0.2) is 53.9 Å². The summed E-state index contributed by atoms with van der Waals surface area (Å²) in [5.74, 6) is 1.64. The van der Waals surface area contributed by atoms with Crippen molar-refractivity contribution in [2.75, 3.05) is 20.8 Å². The fourth-order valence-electron chi connectivity index (χ4n) is 3.49. The highest BCUT2D eigenvalue weighted by molar-refractivity contribution is 7.16. The molecule has 0 saturated heterocycles. The van der Waals surface area contributed by atoms with E-state index in [1.54, 1.807) is 26.4 Å². The second-order valence-electron chi connectivity index (χ2n) is 7.81. The van der Waals surface area contributed by atoms with Crippen LogP contribution in [0.4, 0.5) is 0 Å². The zero-order chi connectivity index (χ0) is 25.7. The smallest absolute Gasteiger partial charge is 0.258 e. The number of thiazole rings is 1.